The number of nitrogens with one attached hydrogen (secondary N) is 2. The lowest BCUT2D eigenvalue weighted by atomic mass is 10.0. The molecule has 24 heavy (non-hydrogen) atoms. The van der Waals surface area contributed by atoms with E-state index in [2.05, 4.69) is 10.6 Å². The van der Waals surface area contributed by atoms with Crippen LogP contribution in [0.4, 0.5) is 4.39 Å². The molecule has 128 valence electrons. The van der Waals surface area contributed by atoms with Crippen LogP contribution in [0.25, 0.3) is 0 Å². The maximum atomic E-state index is 13.7. The van der Waals surface area contributed by atoms with E-state index in [9.17, 15) is 14.0 Å². The quantitative estimate of drug-likeness (QED) is 0.808. The van der Waals surface area contributed by atoms with Gasteiger partial charge in [-0.1, -0.05) is 32.0 Å². The molecular formula is C18H21FN2O2S. The Morgan fingerprint density at radius 3 is 2.54 bits per heavy atom. The van der Waals surface area contributed by atoms with E-state index in [1.165, 1.54) is 23.1 Å². The van der Waals surface area contributed by atoms with Gasteiger partial charge in [0, 0.05) is 11.4 Å². The van der Waals surface area contributed by atoms with Gasteiger partial charge >= 0.3 is 0 Å². The number of hydrogen-bond donors (Lipinski definition) is 2. The van der Waals surface area contributed by atoms with Crippen LogP contribution in [0.2, 0.25) is 0 Å². The van der Waals surface area contributed by atoms with Gasteiger partial charge in [0.15, 0.2) is 0 Å². The molecule has 1 heterocycles. The molecule has 0 aliphatic rings. The average Bonchev–Trinajstić information content (AvgIpc) is 3.05. The number of hydrogen-bond acceptors (Lipinski definition) is 3. The lowest BCUT2D eigenvalue weighted by molar-refractivity contribution is -0.123. The highest BCUT2D eigenvalue weighted by atomic mass is 32.1. The van der Waals surface area contributed by atoms with Crippen molar-refractivity contribution in [3.63, 3.8) is 0 Å². The number of rotatable bonds is 7. The third kappa shape index (κ3) is 4.89. The number of amides is 2. The van der Waals surface area contributed by atoms with Gasteiger partial charge < -0.3 is 10.6 Å². The van der Waals surface area contributed by atoms with E-state index >= 15 is 0 Å². The second-order valence-corrected chi connectivity index (χ2v) is 6.83. The second kappa shape index (κ2) is 8.59. The molecule has 4 nitrogen and oxygen atoms in total. The van der Waals surface area contributed by atoms with Crippen LogP contribution in [-0.2, 0) is 11.2 Å². The minimum absolute atomic E-state index is 0.0606. The zero-order valence-electron chi connectivity index (χ0n) is 13.7. The number of thiophene rings is 1. The first-order valence-corrected chi connectivity index (χ1v) is 8.72. The summed E-state index contributed by atoms with van der Waals surface area (Å²) in [5.74, 6) is -1.55. The fourth-order valence-corrected chi connectivity index (χ4v) is 2.98. The third-order valence-corrected chi connectivity index (χ3v) is 4.54. The first kappa shape index (κ1) is 18.1. The van der Waals surface area contributed by atoms with Crippen LogP contribution in [0, 0.1) is 11.7 Å². The van der Waals surface area contributed by atoms with Gasteiger partial charge in [0.05, 0.1) is 5.56 Å². The average molecular weight is 348 g/mol. The van der Waals surface area contributed by atoms with E-state index in [4.69, 9.17) is 0 Å². The fourth-order valence-electron chi connectivity index (χ4n) is 2.27. The maximum absolute atomic E-state index is 13.7. The van der Waals surface area contributed by atoms with Crippen molar-refractivity contribution in [3.05, 3.63) is 58.0 Å². The fraction of sp³-hybridized carbons (Fsp3) is 0.333. The molecule has 0 bridgehead atoms. The predicted octanol–water partition coefficient (Wildman–Crippen LogP) is 3.00. The largest absolute Gasteiger partial charge is 0.354 e. The first-order chi connectivity index (χ1) is 11.5. The molecule has 2 N–H and O–H groups in total. The van der Waals surface area contributed by atoms with Gasteiger partial charge in [0.25, 0.3) is 5.91 Å². The van der Waals surface area contributed by atoms with Crippen LogP contribution in [-0.4, -0.2) is 24.4 Å². The highest BCUT2D eigenvalue weighted by molar-refractivity contribution is 7.09. The van der Waals surface area contributed by atoms with E-state index in [0.29, 0.717) is 6.54 Å². The molecule has 0 saturated heterocycles. The summed E-state index contributed by atoms with van der Waals surface area (Å²) >= 11 is 1.64. The molecule has 0 fully saturated rings. The summed E-state index contributed by atoms with van der Waals surface area (Å²) in [4.78, 5) is 25.8. The molecule has 0 radical (unpaired) electrons. The number of carbonyl (C=O) groups is 2. The minimum atomic E-state index is -0.708. The SMILES string of the molecule is CC(C)C(NC(=O)c1ccccc1F)C(=O)NCCc1cccs1. The molecule has 0 spiro atoms. The Balaban J connectivity index is 1.94. The zero-order valence-corrected chi connectivity index (χ0v) is 14.5. The Bertz CT molecular complexity index is 686. The van der Waals surface area contributed by atoms with Crippen molar-refractivity contribution >= 4 is 23.2 Å². The topological polar surface area (TPSA) is 58.2 Å². The molecular weight excluding hydrogens is 327 g/mol. The van der Waals surface area contributed by atoms with Crippen LogP contribution in [0.5, 0.6) is 0 Å². The van der Waals surface area contributed by atoms with Gasteiger partial charge in [-0.2, -0.15) is 0 Å². The smallest absolute Gasteiger partial charge is 0.254 e. The van der Waals surface area contributed by atoms with E-state index in [1.54, 1.807) is 17.4 Å². The standard InChI is InChI=1S/C18H21FN2O2S/c1-12(2)16(18(23)20-10-9-13-6-5-11-24-13)21-17(22)14-7-3-4-8-15(14)19/h3-8,11-12,16H,9-10H2,1-2H3,(H,20,23)(H,21,22). The first-order valence-electron chi connectivity index (χ1n) is 7.84. The van der Waals surface area contributed by atoms with Crippen molar-refractivity contribution in [2.75, 3.05) is 6.54 Å². The molecule has 0 aliphatic carbocycles. The summed E-state index contributed by atoms with van der Waals surface area (Å²) in [5, 5.41) is 7.45. The summed E-state index contributed by atoms with van der Waals surface area (Å²) in [5.41, 5.74) is -0.0606. The molecule has 1 aromatic heterocycles. The summed E-state index contributed by atoms with van der Waals surface area (Å²) in [6.45, 7) is 4.18. The van der Waals surface area contributed by atoms with Crippen LogP contribution in [0.1, 0.15) is 29.1 Å². The van der Waals surface area contributed by atoms with Gasteiger partial charge in [0.1, 0.15) is 11.9 Å². The molecule has 2 amide bonds. The lowest BCUT2D eigenvalue weighted by Gasteiger charge is -2.21. The normalized spacial score (nSPS) is 12.0. The monoisotopic (exact) mass is 348 g/mol. The van der Waals surface area contributed by atoms with Crippen molar-refractivity contribution < 1.29 is 14.0 Å². The predicted molar refractivity (Wildman–Crippen MR) is 93.5 cm³/mol. The molecule has 0 aliphatic heterocycles. The van der Waals surface area contributed by atoms with E-state index < -0.39 is 17.8 Å². The van der Waals surface area contributed by atoms with Crippen molar-refractivity contribution in [3.8, 4) is 0 Å². The Kier molecular flexibility index (Phi) is 6.49. The Morgan fingerprint density at radius 2 is 1.92 bits per heavy atom. The van der Waals surface area contributed by atoms with Crippen molar-refractivity contribution in [2.45, 2.75) is 26.3 Å². The number of halogens is 1. The van der Waals surface area contributed by atoms with E-state index in [-0.39, 0.29) is 17.4 Å². The van der Waals surface area contributed by atoms with E-state index in [0.717, 1.165) is 6.42 Å². The summed E-state index contributed by atoms with van der Waals surface area (Å²) in [6.07, 6.45) is 0.746. The van der Waals surface area contributed by atoms with Crippen LogP contribution < -0.4 is 10.6 Å². The summed E-state index contributed by atoms with van der Waals surface area (Å²) in [6, 6.07) is 8.99. The Hall–Kier alpha value is -2.21. The van der Waals surface area contributed by atoms with Gasteiger partial charge in [0.2, 0.25) is 5.91 Å². The maximum Gasteiger partial charge on any atom is 0.254 e. The molecule has 6 heteroatoms. The van der Waals surface area contributed by atoms with Crippen molar-refractivity contribution in [1.82, 2.24) is 10.6 Å². The number of carbonyl (C=O) groups excluding carboxylic acids is 2. The highest BCUT2D eigenvalue weighted by Gasteiger charge is 2.25. The van der Waals surface area contributed by atoms with E-state index in [1.807, 2.05) is 31.4 Å². The second-order valence-electron chi connectivity index (χ2n) is 5.80. The van der Waals surface area contributed by atoms with Crippen LogP contribution in [0.3, 0.4) is 0 Å². The van der Waals surface area contributed by atoms with Gasteiger partial charge in [-0.05, 0) is 35.9 Å². The molecule has 1 aromatic carbocycles. The summed E-state index contributed by atoms with van der Waals surface area (Å²) in [7, 11) is 0. The van der Waals surface area contributed by atoms with Gasteiger partial charge in [-0.25, -0.2) is 4.39 Å². The molecule has 1 atom stereocenters. The van der Waals surface area contributed by atoms with Crippen LogP contribution >= 0.6 is 11.3 Å². The van der Waals surface area contributed by atoms with Crippen molar-refractivity contribution in [1.29, 1.82) is 0 Å². The number of benzene rings is 1. The Labute approximate surface area is 145 Å². The Morgan fingerprint density at radius 1 is 1.17 bits per heavy atom. The third-order valence-electron chi connectivity index (χ3n) is 3.60. The minimum Gasteiger partial charge on any atom is -0.354 e. The molecule has 1 unspecified atom stereocenters. The van der Waals surface area contributed by atoms with Crippen molar-refractivity contribution in [2.24, 2.45) is 5.92 Å². The highest BCUT2D eigenvalue weighted by Crippen LogP contribution is 2.10. The van der Waals surface area contributed by atoms with Gasteiger partial charge in [-0.15, -0.1) is 11.3 Å². The molecule has 2 aromatic rings. The van der Waals surface area contributed by atoms with Gasteiger partial charge in [-0.3, -0.25) is 9.59 Å². The zero-order chi connectivity index (χ0) is 17.5. The van der Waals surface area contributed by atoms with Crippen LogP contribution in [0.15, 0.2) is 41.8 Å². The lowest BCUT2D eigenvalue weighted by Crippen LogP contribution is -2.50. The summed E-state index contributed by atoms with van der Waals surface area (Å²) < 4.78 is 13.7. The molecule has 2 rings (SSSR count). The molecule has 0 saturated carbocycles.